The minimum Gasteiger partial charge on any atom is -0.297 e. The van der Waals surface area contributed by atoms with Gasteiger partial charge in [-0.1, -0.05) is 34.5 Å². The Labute approximate surface area is 134 Å². The van der Waals surface area contributed by atoms with Crippen molar-refractivity contribution in [3.8, 4) is 11.4 Å². The first-order chi connectivity index (χ1) is 9.34. The Kier molecular flexibility index (Phi) is 4.73. The second kappa shape index (κ2) is 6.01. The second-order valence-electron chi connectivity index (χ2n) is 4.02. The fourth-order valence-electron chi connectivity index (χ4n) is 1.76. The predicted octanol–water partition coefficient (Wildman–Crippen LogP) is 3.70. The van der Waals surface area contributed by atoms with E-state index in [0.717, 1.165) is 4.47 Å². The molecule has 0 saturated carbocycles. The molecule has 0 aliphatic heterocycles. The van der Waals surface area contributed by atoms with Crippen LogP contribution in [0.1, 0.15) is 13.3 Å². The van der Waals surface area contributed by atoms with Crippen molar-refractivity contribution in [2.24, 2.45) is 0 Å². The number of rotatable bonds is 4. The van der Waals surface area contributed by atoms with E-state index in [1.165, 1.54) is 4.57 Å². The third kappa shape index (κ3) is 3.16. The summed E-state index contributed by atoms with van der Waals surface area (Å²) >= 11 is 9.36. The molecular weight excluding hydrogens is 389 g/mol. The Morgan fingerprint density at radius 3 is 2.65 bits per heavy atom. The molecule has 20 heavy (non-hydrogen) atoms. The Bertz CT molecular complexity index is 746. The van der Waals surface area contributed by atoms with Crippen molar-refractivity contribution < 1.29 is 8.42 Å². The molecule has 0 aliphatic rings. The Balaban J connectivity index is 2.69. The normalized spacial score (nSPS) is 11.8. The van der Waals surface area contributed by atoms with Crippen LogP contribution in [-0.2, 0) is 15.6 Å². The van der Waals surface area contributed by atoms with Gasteiger partial charge in [0.15, 0.2) is 5.82 Å². The van der Waals surface area contributed by atoms with Gasteiger partial charge in [-0.3, -0.25) is 4.57 Å². The van der Waals surface area contributed by atoms with Crippen LogP contribution in [0.3, 0.4) is 0 Å². The summed E-state index contributed by atoms with van der Waals surface area (Å²) in [6, 6.07) is 5.17. The van der Waals surface area contributed by atoms with Crippen molar-refractivity contribution >= 4 is 47.3 Å². The SMILES string of the molecule is CCCn1c(-c2cc(Cl)ccc2Br)nnc1S(=O)(=O)Cl. The number of halogens is 3. The standard InChI is InChI=1S/C11H10BrCl2N3O2S/c1-2-5-17-10(15-16-11(17)20(14,18)19)8-6-7(13)3-4-9(8)12/h3-4,6H,2,5H2,1H3. The zero-order valence-electron chi connectivity index (χ0n) is 10.3. The average molecular weight is 399 g/mol. The summed E-state index contributed by atoms with van der Waals surface area (Å²) in [5.41, 5.74) is 0.657. The van der Waals surface area contributed by atoms with Crippen LogP contribution in [0, 0.1) is 0 Å². The molecule has 0 N–H and O–H groups in total. The highest BCUT2D eigenvalue weighted by atomic mass is 79.9. The summed E-state index contributed by atoms with van der Waals surface area (Å²) in [6.07, 6.45) is 0.711. The lowest BCUT2D eigenvalue weighted by atomic mass is 10.2. The van der Waals surface area contributed by atoms with E-state index >= 15 is 0 Å². The molecule has 1 heterocycles. The minimum absolute atomic E-state index is 0.261. The van der Waals surface area contributed by atoms with Crippen LogP contribution in [0.2, 0.25) is 5.02 Å². The molecule has 1 aromatic carbocycles. The smallest absolute Gasteiger partial charge is 0.296 e. The van der Waals surface area contributed by atoms with Gasteiger partial charge in [-0.05, 0) is 24.6 Å². The van der Waals surface area contributed by atoms with Crippen LogP contribution in [0.4, 0.5) is 0 Å². The molecule has 9 heteroatoms. The van der Waals surface area contributed by atoms with Gasteiger partial charge in [0.25, 0.3) is 14.2 Å². The molecule has 0 bridgehead atoms. The molecule has 108 valence electrons. The van der Waals surface area contributed by atoms with E-state index in [-0.39, 0.29) is 5.16 Å². The van der Waals surface area contributed by atoms with Crippen LogP contribution in [-0.4, -0.2) is 23.2 Å². The van der Waals surface area contributed by atoms with E-state index < -0.39 is 9.05 Å². The molecule has 0 unspecified atom stereocenters. The fourth-order valence-corrected chi connectivity index (χ4v) is 3.28. The summed E-state index contributed by atoms with van der Waals surface area (Å²) in [4.78, 5) is 0. The van der Waals surface area contributed by atoms with Gasteiger partial charge in [-0.15, -0.1) is 10.2 Å². The van der Waals surface area contributed by atoms with E-state index in [2.05, 4.69) is 26.1 Å². The Hall–Kier alpha value is -0.630. The maximum absolute atomic E-state index is 11.5. The summed E-state index contributed by atoms with van der Waals surface area (Å²) < 4.78 is 25.3. The second-order valence-corrected chi connectivity index (χ2v) is 7.77. The van der Waals surface area contributed by atoms with Gasteiger partial charge in [0.2, 0.25) is 0 Å². The van der Waals surface area contributed by atoms with E-state index in [1.807, 2.05) is 6.92 Å². The predicted molar refractivity (Wildman–Crippen MR) is 81.5 cm³/mol. The number of aromatic nitrogens is 3. The fraction of sp³-hybridized carbons (Fsp3) is 0.273. The van der Waals surface area contributed by atoms with Crippen molar-refractivity contribution in [1.82, 2.24) is 14.8 Å². The largest absolute Gasteiger partial charge is 0.297 e. The summed E-state index contributed by atoms with van der Waals surface area (Å²) in [6.45, 7) is 2.35. The van der Waals surface area contributed by atoms with Gasteiger partial charge < -0.3 is 0 Å². The van der Waals surface area contributed by atoms with Gasteiger partial charge in [0.1, 0.15) is 0 Å². The molecule has 0 saturated heterocycles. The monoisotopic (exact) mass is 397 g/mol. The summed E-state index contributed by atoms with van der Waals surface area (Å²) in [5, 5.41) is 7.87. The van der Waals surface area contributed by atoms with Crippen molar-refractivity contribution in [2.45, 2.75) is 25.0 Å². The third-order valence-corrected chi connectivity index (χ3v) is 4.63. The van der Waals surface area contributed by atoms with Gasteiger partial charge in [-0.25, -0.2) is 8.42 Å². The number of benzene rings is 1. The summed E-state index contributed by atoms with van der Waals surface area (Å²) in [5.74, 6) is 0.403. The first kappa shape index (κ1) is 15.8. The lowest BCUT2D eigenvalue weighted by Gasteiger charge is -2.09. The zero-order chi connectivity index (χ0) is 14.9. The first-order valence-corrected chi connectivity index (χ1v) is 9.16. The van der Waals surface area contributed by atoms with Crippen LogP contribution in [0.15, 0.2) is 27.8 Å². The van der Waals surface area contributed by atoms with Gasteiger partial charge in [0, 0.05) is 32.3 Å². The van der Waals surface area contributed by atoms with Crippen molar-refractivity contribution in [3.05, 3.63) is 27.7 Å². The van der Waals surface area contributed by atoms with Crippen molar-refractivity contribution in [2.75, 3.05) is 0 Å². The van der Waals surface area contributed by atoms with E-state index in [0.29, 0.717) is 29.4 Å². The molecule has 0 radical (unpaired) electrons. The quantitative estimate of drug-likeness (QED) is 0.736. The zero-order valence-corrected chi connectivity index (χ0v) is 14.3. The molecule has 2 rings (SSSR count). The number of hydrogen-bond donors (Lipinski definition) is 0. The van der Waals surface area contributed by atoms with Crippen molar-refractivity contribution in [3.63, 3.8) is 0 Å². The number of nitrogens with zero attached hydrogens (tertiary/aromatic N) is 3. The highest BCUT2D eigenvalue weighted by Gasteiger charge is 2.23. The van der Waals surface area contributed by atoms with Crippen LogP contribution >= 0.6 is 38.2 Å². The molecule has 0 amide bonds. The van der Waals surface area contributed by atoms with Gasteiger partial charge in [0.05, 0.1) is 0 Å². The molecule has 5 nitrogen and oxygen atoms in total. The maximum atomic E-state index is 11.5. The third-order valence-electron chi connectivity index (χ3n) is 2.55. The highest BCUT2D eigenvalue weighted by Crippen LogP contribution is 2.31. The van der Waals surface area contributed by atoms with Crippen molar-refractivity contribution in [1.29, 1.82) is 0 Å². The van der Waals surface area contributed by atoms with Crippen LogP contribution in [0.25, 0.3) is 11.4 Å². The van der Waals surface area contributed by atoms with Gasteiger partial charge >= 0.3 is 0 Å². The lowest BCUT2D eigenvalue weighted by Crippen LogP contribution is -2.07. The Morgan fingerprint density at radius 1 is 1.35 bits per heavy atom. The van der Waals surface area contributed by atoms with Crippen LogP contribution < -0.4 is 0 Å². The van der Waals surface area contributed by atoms with Crippen LogP contribution in [0.5, 0.6) is 0 Å². The topological polar surface area (TPSA) is 64.8 Å². The number of hydrogen-bond acceptors (Lipinski definition) is 4. The molecule has 2 aromatic rings. The molecule has 0 aliphatic carbocycles. The molecular formula is C11H10BrCl2N3O2S. The Morgan fingerprint density at radius 2 is 2.05 bits per heavy atom. The molecule has 0 atom stereocenters. The van der Waals surface area contributed by atoms with Gasteiger partial charge in [-0.2, -0.15) is 0 Å². The van der Waals surface area contributed by atoms with E-state index in [9.17, 15) is 8.42 Å². The highest BCUT2D eigenvalue weighted by molar-refractivity contribution is 9.10. The molecule has 0 fully saturated rings. The van der Waals surface area contributed by atoms with E-state index in [1.54, 1.807) is 18.2 Å². The van der Waals surface area contributed by atoms with E-state index in [4.69, 9.17) is 22.3 Å². The average Bonchev–Trinajstić information content (AvgIpc) is 2.76. The lowest BCUT2D eigenvalue weighted by molar-refractivity contribution is 0.570. The first-order valence-electron chi connectivity index (χ1n) is 5.68. The molecule has 1 aromatic heterocycles. The minimum atomic E-state index is -3.95. The molecule has 0 spiro atoms. The summed E-state index contributed by atoms with van der Waals surface area (Å²) in [7, 11) is 1.43. The maximum Gasteiger partial charge on any atom is 0.296 e.